The van der Waals surface area contributed by atoms with Crippen LogP contribution in [0.3, 0.4) is 0 Å². The lowest BCUT2D eigenvalue weighted by Gasteiger charge is -2.21. The summed E-state index contributed by atoms with van der Waals surface area (Å²) in [6, 6.07) is 0. The van der Waals surface area contributed by atoms with Crippen molar-refractivity contribution >= 4 is 11.9 Å². The average molecular weight is 218 g/mol. The highest BCUT2D eigenvalue weighted by Crippen LogP contribution is 2.16. The molecule has 0 rings (SSSR count). The van der Waals surface area contributed by atoms with E-state index in [9.17, 15) is 9.59 Å². The molecule has 0 unspecified atom stereocenters. The molecule has 0 aliphatic carbocycles. The molecular weight excluding hydrogens is 204 g/mol. The third-order valence-electron chi connectivity index (χ3n) is 1.67. The number of rotatable bonds is 6. The lowest BCUT2D eigenvalue weighted by Crippen LogP contribution is -2.24. The van der Waals surface area contributed by atoms with E-state index >= 15 is 0 Å². The Bertz CT molecular complexity index is 278. The fourth-order valence-corrected chi connectivity index (χ4v) is 0.450. The Morgan fingerprint density at radius 1 is 1.33 bits per heavy atom. The summed E-state index contributed by atoms with van der Waals surface area (Å²) in [5.41, 5.74) is -0.674. The first-order chi connectivity index (χ1) is 6.78. The molecule has 0 aliphatic rings. The van der Waals surface area contributed by atoms with Crippen LogP contribution in [0.25, 0.3) is 0 Å². The molecule has 86 valence electrons. The minimum absolute atomic E-state index is 0.425. The maximum absolute atomic E-state index is 10.5. The van der Waals surface area contributed by atoms with Gasteiger partial charge in [-0.05, 0) is 20.3 Å². The van der Waals surface area contributed by atoms with Crippen LogP contribution in [-0.4, -0.2) is 27.8 Å². The molecule has 6 nitrogen and oxygen atoms in total. The van der Waals surface area contributed by atoms with Crippen molar-refractivity contribution in [3.05, 3.63) is 11.8 Å². The van der Waals surface area contributed by atoms with E-state index < -0.39 is 23.3 Å². The monoisotopic (exact) mass is 218 g/mol. The molecule has 0 atom stereocenters. The Labute approximate surface area is 87.0 Å². The van der Waals surface area contributed by atoms with Gasteiger partial charge in [-0.25, -0.2) is 9.59 Å². The molecule has 0 bridgehead atoms. The van der Waals surface area contributed by atoms with E-state index in [1.807, 2.05) is 6.92 Å². The van der Waals surface area contributed by atoms with E-state index in [4.69, 9.17) is 15.1 Å². The van der Waals surface area contributed by atoms with Crippen molar-refractivity contribution in [1.29, 1.82) is 0 Å². The summed E-state index contributed by atoms with van der Waals surface area (Å²) in [4.78, 5) is 30.0. The fraction of sp³-hybridized carbons (Fsp3) is 0.556. The van der Waals surface area contributed by atoms with Crippen molar-refractivity contribution in [2.75, 3.05) is 0 Å². The van der Waals surface area contributed by atoms with E-state index in [1.165, 1.54) is 0 Å². The van der Waals surface area contributed by atoms with Crippen LogP contribution in [0.15, 0.2) is 11.8 Å². The van der Waals surface area contributed by atoms with Crippen molar-refractivity contribution in [3.63, 3.8) is 0 Å². The number of carbonyl (C=O) groups is 2. The second-order valence-corrected chi connectivity index (χ2v) is 3.43. The first kappa shape index (κ1) is 13.4. The number of carboxylic acids is 2. The lowest BCUT2D eigenvalue weighted by atomic mass is 10.1. The Morgan fingerprint density at radius 2 is 1.87 bits per heavy atom. The smallest absolute Gasteiger partial charge is 0.375 e. The van der Waals surface area contributed by atoms with Crippen LogP contribution in [-0.2, 0) is 19.4 Å². The van der Waals surface area contributed by atoms with Crippen LogP contribution in [0.1, 0.15) is 27.2 Å². The average Bonchev–Trinajstić information content (AvgIpc) is 2.11. The summed E-state index contributed by atoms with van der Waals surface area (Å²) in [6.07, 6.45) is 1.01. The largest absolute Gasteiger partial charge is 0.478 e. The summed E-state index contributed by atoms with van der Waals surface area (Å²) >= 11 is 0. The van der Waals surface area contributed by atoms with Crippen LogP contribution in [0.4, 0.5) is 0 Å². The van der Waals surface area contributed by atoms with Crippen LogP contribution in [0.5, 0.6) is 0 Å². The Morgan fingerprint density at radius 3 is 2.20 bits per heavy atom. The fourth-order valence-electron chi connectivity index (χ4n) is 0.450. The van der Waals surface area contributed by atoms with E-state index in [2.05, 4.69) is 4.89 Å². The first-order valence-corrected chi connectivity index (χ1v) is 4.32. The van der Waals surface area contributed by atoms with Crippen molar-refractivity contribution in [3.8, 4) is 0 Å². The van der Waals surface area contributed by atoms with Gasteiger partial charge in [0.1, 0.15) is 5.60 Å². The molecule has 15 heavy (non-hydrogen) atoms. The molecule has 0 aromatic rings. The predicted octanol–water partition coefficient (Wildman–Crippen LogP) is 1.18. The maximum Gasteiger partial charge on any atom is 0.375 e. The van der Waals surface area contributed by atoms with Crippen molar-refractivity contribution < 1.29 is 29.6 Å². The molecule has 0 radical (unpaired) electrons. The molecule has 0 spiro atoms. The molecule has 0 aromatic carbocycles. The highest BCUT2D eigenvalue weighted by atomic mass is 17.2. The minimum atomic E-state index is -1.50. The Balaban J connectivity index is 4.46. The van der Waals surface area contributed by atoms with Crippen LogP contribution in [0.2, 0.25) is 0 Å². The van der Waals surface area contributed by atoms with Gasteiger partial charge < -0.3 is 15.1 Å². The number of aliphatic carboxylic acids is 2. The van der Waals surface area contributed by atoms with Gasteiger partial charge in [0.15, 0.2) is 0 Å². The second-order valence-electron chi connectivity index (χ2n) is 3.43. The quantitative estimate of drug-likeness (QED) is 0.301. The number of hydrogen-bond donors (Lipinski definition) is 2. The Kier molecular flexibility index (Phi) is 4.80. The van der Waals surface area contributed by atoms with Gasteiger partial charge in [0.05, 0.1) is 6.08 Å². The standard InChI is InChI=1S/C9H14O6/c1-4-9(2,3)15-14-6(8(12)13)5-7(10)11/h5H,4H2,1-3H3,(H,10,11)(H,12,13). The summed E-state index contributed by atoms with van der Waals surface area (Å²) in [5.74, 6) is -3.67. The highest BCUT2D eigenvalue weighted by Gasteiger charge is 2.21. The molecule has 0 aromatic heterocycles. The number of carboxylic acid groups (broad SMARTS) is 2. The summed E-state index contributed by atoms with van der Waals surface area (Å²) in [6.45, 7) is 5.20. The zero-order valence-corrected chi connectivity index (χ0v) is 8.81. The van der Waals surface area contributed by atoms with E-state index in [0.29, 0.717) is 12.5 Å². The van der Waals surface area contributed by atoms with Crippen molar-refractivity contribution in [1.82, 2.24) is 0 Å². The van der Waals surface area contributed by atoms with Gasteiger partial charge in [-0.2, -0.15) is 4.89 Å². The molecule has 0 aliphatic heterocycles. The van der Waals surface area contributed by atoms with Gasteiger partial charge in [0.2, 0.25) is 0 Å². The van der Waals surface area contributed by atoms with E-state index in [-0.39, 0.29) is 0 Å². The third-order valence-corrected chi connectivity index (χ3v) is 1.67. The van der Waals surface area contributed by atoms with E-state index in [1.54, 1.807) is 13.8 Å². The van der Waals surface area contributed by atoms with Gasteiger partial charge in [0, 0.05) is 0 Å². The van der Waals surface area contributed by atoms with Crippen molar-refractivity contribution in [2.45, 2.75) is 32.8 Å². The molecule has 0 fully saturated rings. The van der Waals surface area contributed by atoms with Crippen LogP contribution >= 0.6 is 0 Å². The van der Waals surface area contributed by atoms with Gasteiger partial charge in [0.25, 0.3) is 5.76 Å². The third kappa shape index (κ3) is 5.69. The molecule has 2 N–H and O–H groups in total. The number of hydrogen-bond acceptors (Lipinski definition) is 4. The molecule has 0 saturated heterocycles. The summed E-state index contributed by atoms with van der Waals surface area (Å²) in [7, 11) is 0. The molecule has 6 heteroatoms. The summed E-state index contributed by atoms with van der Waals surface area (Å²) in [5, 5.41) is 16.9. The molecular formula is C9H14O6. The van der Waals surface area contributed by atoms with Gasteiger partial charge in [-0.3, -0.25) is 0 Å². The SMILES string of the molecule is CCC(C)(C)OOC(=CC(=O)O)C(=O)O. The van der Waals surface area contributed by atoms with Gasteiger partial charge in [-0.1, -0.05) is 6.92 Å². The molecule has 0 amide bonds. The Hall–Kier alpha value is -1.56. The molecule has 0 saturated carbocycles. The zero-order valence-electron chi connectivity index (χ0n) is 8.81. The normalized spacial score (nSPS) is 12.3. The summed E-state index contributed by atoms with van der Waals surface area (Å²) < 4.78 is 0. The minimum Gasteiger partial charge on any atom is -0.478 e. The van der Waals surface area contributed by atoms with Crippen LogP contribution < -0.4 is 0 Å². The van der Waals surface area contributed by atoms with Crippen LogP contribution in [0, 0.1) is 0 Å². The predicted molar refractivity (Wildman–Crippen MR) is 49.9 cm³/mol. The zero-order chi connectivity index (χ0) is 12.1. The maximum atomic E-state index is 10.5. The highest BCUT2D eigenvalue weighted by molar-refractivity contribution is 5.92. The van der Waals surface area contributed by atoms with Gasteiger partial charge in [-0.15, -0.1) is 0 Å². The van der Waals surface area contributed by atoms with E-state index in [0.717, 1.165) is 0 Å². The van der Waals surface area contributed by atoms with Crippen molar-refractivity contribution in [2.24, 2.45) is 0 Å². The topological polar surface area (TPSA) is 93.1 Å². The second kappa shape index (κ2) is 5.35. The lowest BCUT2D eigenvalue weighted by molar-refractivity contribution is -0.326. The molecule has 0 heterocycles. The van der Waals surface area contributed by atoms with Gasteiger partial charge >= 0.3 is 11.9 Å². The first-order valence-electron chi connectivity index (χ1n) is 4.32.